The number of hydrogen-bond acceptors (Lipinski definition) is 2. The number of phenolic OH excluding ortho intramolecular Hbond substituents is 1. The molecule has 1 aromatic rings. The number of carbonyl (C=O) groups is 1. The second-order valence-corrected chi connectivity index (χ2v) is 3.25. The van der Waals surface area contributed by atoms with Crippen LogP contribution >= 0.6 is 0 Å². The van der Waals surface area contributed by atoms with Crippen LogP contribution in [0.3, 0.4) is 0 Å². The quantitative estimate of drug-likeness (QED) is 0.583. The molecular weight excluding hydrogens is 190 g/mol. The zero-order valence-corrected chi connectivity index (χ0v) is 8.58. The third kappa shape index (κ3) is 3.35. The van der Waals surface area contributed by atoms with E-state index in [1.807, 2.05) is 6.92 Å². The first kappa shape index (κ1) is 11.1. The number of nitrogens with one attached hydrogen (secondary N) is 1. The highest BCUT2D eigenvalue weighted by Gasteiger charge is 2.04. The Hall–Kier alpha value is -1.95. The molecule has 0 heterocycles. The summed E-state index contributed by atoms with van der Waals surface area (Å²) in [6.45, 7) is 1.82. The molecule has 3 nitrogen and oxygen atoms in total. The summed E-state index contributed by atoms with van der Waals surface area (Å²) in [5.74, 6) is 2.49. The van der Waals surface area contributed by atoms with Crippen molar-refractivity contribution in [2.24, 2.45) is 0 Å². The molecule has 0 aromatic heterocycles. The van der Waals surface area contributed by atoms with Gasteiger partial charge in [0, 0.05) is 18.5 Å². The van der Waals surface area contributed by atoms with Crippen molar-refractivity contribution in [3.8, 4) is 18.1 Å². The minimum atomic E-state index is -0.110. The van der Waals surface area contributed by atoms with E-state index in [-0.39, 0.29) is 11.7 Å². The van der Waals surface area contributed by atoms with Crippen LogP contribution in [0.2, 0.25) is 0 Å². The second-order valence-electron chi connectivity index (χ2n) is 3.25. The van der Waals surface area contributed by atoms with Gasteiger partial charge in [0.25, 0.3) is 0 Å². The van der Waals surface area contributed by atoms with Gasteiger partial charge in [-0.1, -0.05) is 0 Å². The molecule has 0 unspecified atom stereocenters. The van der Waals surface area contributed by atoms with E-state index < -0.39 is 0 Å². The number of anilines is 1. The van der Waals surface area contributed by atoms with E-state index in [1.165, 1.54) is 6.07 Å². The SMILES string of the molecule is C#CCCC(=O)Nc1ccc(O)cc1C. The van der Waals surface area contributed by atoms with Crippen molar-refractivity contribution in [2.75, 3.05) is 5.32 Å². The molecular formula is C12H13NO2. The van der Waals surface area contributed by atoms with Gasteiger partial charge in [-0.15, -0.1) is 12.3 Å². The van der Waals surface area contributed by atoms with E-state index in [0.717, 1.165) is 5.56 Å². The van der Waals surface area contributed by atoms with Crippen LogP contribution in [0.4, 0.5) is 5.69 Å². The lowest BCUT2D eigenvalue weighted by molar-refractivity contribution is -0.116. The molecule has 0 aliphatic rings. The van der Waals surface area contributed by atoms with E-state index in [2.05, 4.69) is 11.2 Å². The average molecular weight is 203 g/mol. The van der Waals surface area contributed by atoms with Crippen molar-refractivity contribution < 1.29 is 9.90 Å². The van der Waals surface area contributed by atoms with E-state index >= 15 is 0 Å². The fourth-order valence-electron chi connectivity index (χ4n) is 1.19. The molecule has 0 aliphatic heterocycles. The number of terminal acetylenes is 1. The molecule has 0 spiro atoms. The summed E-state index contributed by atoms with van der Waals surface area (Å²) in [5, 5.41) is 11.9. The van der Waals surface area contributed by atoms with Crippen molar-refractivity contribution in [3.63, 3.8) is 0 Å². The minimum absolute atomic E-state index is 0.110. The molecule has 0 bridgehead atoms. The van der Waals surface area contributed by atoms with Crippen LogP contribution in [0.1, 0.15) is 18.4 Å². The number of benzene rings is 1. The summed E-state index contributed by atoms with van der Waals surface area (Å²) in [6, 6.07) is 4.79. The summed E-state index contributed by atoms with van der Waals surface area (Å²) in [7, 11) is 0. The van der Waals surface area contributed by atoms with Gasteiger partial charge in [-0.3, -0.25) is 4.79 Å². The molecule has 0 fully saturated rings. The van der Waals surface area contributed by atoms with Gasteiger partial charge in [0.2, 0.25) is 5.91 Å². The Morgan fingerprint density at radius 1 is 1.60 bits per heavy atom. The topological polar surface area (TPSA) is 49.3 Å². The van der Waals surface area contributed by atoms with Crippen LogP contribution in [-0.4, -0.2) is 11.0 Å². The van der Waals surface area contributed by atoms with E-state index in [9.17, 15) is 9.90 Å². The van der Waals surface area contributed by atoms with E-state index in [4.69, 9.17) is 6.42 Å². The average Bonchev–Trinajstić information content (AvgIpc) is 2.19. The fourth-order valence-corrected chi connectivity index (χ4v) is 1.19. The van der Waals surface area contributed by atoms with E-state index in [0.29, 0.717) is 18.5 Å². The number of rotatable bonds is 3. The molecule has 0 radical (unpaired) electrons. The Balaban J connectivity index is 2.65. The molecule has 2 N–H and O–H groups in total. The van der Waals surface area contributed by atoms with Crippen molar-refractivity contribution >= 4 is 11.6 Å². The molecule has 0 aliphatic carbocycles. The highest BCUT2D eigenvalue weighted by molar-refractivity contribution is 5.91. The standard InChI is InChI=1S/C12H13NO2/c1-3-4-5-12(15)13-11-7-6-10(14)8-9(11)2/h1,6-8,14H,4-5H2,2H3,(H,13,15). The zero-order valence-electron chi connectivity index (χ0n) is 8.58. The number of amides is 1. The molecule has 15 heavy (non-hydrogen) atoms. The number of aryl methyl sites for hydroxylation is 1. The van der Waals surface area contributed by atoms with Gasteiger partial charge in [-0.25, -0.2) is 0 Å². The number of carbonyl (C=O) groups excluding carboxylic acids is 1. The van der Waals surface area contributed by atoms with Crippen molar-refractivity contribution in [3.05, 3.63) is 23.8 Å². The maximum atomic E-state index is 11.3. The fraction of sp³-hybridized carbons (Fsp3) is 0.250. The van der Waals surface area contributed by atoms with Crippen molar-refractivity contribution in [1.29, 1.82) is 0 Å². The lowest BCUT2D eigenvalue weighted by Gasteiger charge is -2.07. The Labute approximate surface area is 89.1 Å². The Morgan fingerprint density at radius 3 is 2.93 bits per heavy atom. The third-order valence-electron chi connectivity index (χ3n) is 1.98. The summed E-state index contributed by atoms with van der Waals surface area (Å²) in [5.41, 5.74) is 1.53. The number of aromatic hydroxyl groups is 1. The molecule has 0 atom stereocenters. The summed E-state index contributed by atoms with van der Waals surface area (Å²) >= 11 is 0. The molecule has 3 heteroatoms. The largest absolute Gasteiger partial charge is 0.508 e. The van der Waals surface area contributed by atoms with Crippen LogP contribution in [-0.2, 0) is 4.79 Å². The van der Waals surface area contributed by atoms with Gasteiger partial charge < -0.3 is 10.4 Å². The Morgan fingerprint density at radius 2 is 2.33 bits per heavy atom. The molecule has 0 saturated heterocycles. The van der Waals surface area contributed by atoms with Gasteiger partial charge in [0.05, 0.1) is 0 Å². The lowest BCUT2D eigenvalue weighted by Crippen LogP contribution is -2.11. The first-order valence-corrected chi connectivity index (χ1v) is 4.66. The van der Waals surface area contributed by atoms with Crippen molar-refractivity contribution in [1.82, 2.24) is 0 Å². The first-order valence-electron chi connectivity index (χ1n) is 4.66. The molecule has 1 amide bonds. The van der Waals surface area contributed by atoms with Gasteiger partial charge in [-0.2, -0.15) is 0 Å². The second kappa shape index (κ2) is 5.06. The first-order chi connectivity index (χ1) is 7.13. The summed E-state index contributed by atoms with van der Waals surface area (Å²) in [4.78, 5) is 11.3. The predicted octanol–water partition coefficient (Wildman–Crippen LogP) is 2.05. The van der Waals surface area contributed by atoms with Gasteiger partial charge in [0.15, 0.2) is 0 Å². The lowest BCUT2D eigenvalue weighted by atomic mass is 10.2. The molecule has 78 valence electrons. The third-order valence-corrected chi connectivity index (χ3v) is 1.98. The highest BCUT2D eigenvalue weighted by atomic mass is 16.3. The Kier molecular flexibility index (Phi) is 3.75. The molecule has 1 rings (SSSR count). The highest BCUT2D eigenvalue weighted by Crippen LogP contribution is 2.20. The van der Waals surface area contributed by atoms with Crippen molar-refractivity contribution in [2.45, 2.75) is 19.8 Å². The smallest absolute Gasteiger partial charge is 0.225 e. The number of hydrogen-bond donors (Lipinski definition) is 2. The molecule has 1 aromatic carbocycles. The molecule has 0 saturated carbocycles. The normalized spacial score (nSPS) is 9.33. The summed E-state index contributed by atoms with van der Waals surface area (Å²) < 4.78 is 0. The van der Waals surface area contributed by atoms with Gasteiger partial charge >= 0.3 is 0 Å². The van der Waals surface area contributed by atoms with Gasteiger partial charge in [0.1, 0.15) is 5.75 Å². The van der Waals surface area contributed by atoms with Crippen LogP contribution in [0.15, 0.2) is 18.2 Å². The van der Waals surface area contributed by atoms with Crippen LogP contribution < -0.4 is 5.32 Å². The Bertz CT molecular complexity index is 405. The van der Waals surface area contributed by atoms with Crippen LogP contribution in [0.5, 0.6) is 5.75 Å². The minimum Gasteiger partial charge on any atom is -0.508 e. The van der Waals surface area contributed by atoms with E-state index in [1.54, 1.807) is 12.1 Å². The maximum absolute atomic E-state index is 11.3. The van der Waals surface area contributed by atoms with Crippen LogP contribution in [0.25, 0.3) is 0 Å². The zero-order chi connectivity index (χ0) is 11.3. The number of phenols is 1. The monoisotopic (exact) mass is 203 g/mol. The van der Waals surface area contributed by atoms with Crippen LogP contribution in [0, 0.1) is 19.3 Å². The summed E-state index contributed by atoms with van der Waals surface area (Å²) in [6.07, 6.45) is 5.81. The van der Waals surface area contributed by atoms with Gasteiger partial charge in [-0.05, 0) is 30.7 Å². The maximum Gasteiger partial charge on any atom is 0.225 e. The predicted molar refractivity (Wildman–Crippen MR) is 59.5 cm³/mol.